The molecule has 0 radical (unpaired) electrons. The summed E-state index contributed by atoms with van der Waals surface area (Å²) in [5.74, 6) is 0.386. The van der Waals surface area contributed by atoms with E-state index < -0.39 is 0 Å². The van der Waals surface area contributed by atoms with Gasteiger partial charge in [-0.05, 0) is 55.1 Å². The molecular weight excluding hydrogens is 316 g/mol. The Morgan fingerprint density at radius 1 is 1.24 bits per heavy atom. The number of likely N-dealkylation sites (N-methyl/N-ethyl adjacent to an activating group) is 2. The maximum atomic E-state index is 12.0. The fourth-order valence-corrected chi connectivity index (χ4v) is 3.12. The van der Waals surface area contributed by atoms with E-state index in [0.717, 1.165) is 23.1 Å². The third-order valence-corrected chi connectivity index (χ3v) is 4.42. The second kappa shape index (κ2) is 8.30. The number of carbonyl (C=O) groups is 1. The number of hydrogen-bond donors (Lipinski definition) is 1. The largest absolute Gasteiger partial charge is 0.423 e. The highest BCUT2D eigenvalue weighted by atomic mass is 16.4. The zero-order valence-electron chi connectivity index (χ0n) is 15.8. The van der Waals surface area contributed by atoms with Gasteiger partial charge in [-0.15, -0.1) is 0 Å². The molecule has 0 saturated heterocycles. The SMILES string of the molecule is CCNC(=O)CN(CC)Cc1cc(=O)oc2cc(C)c(C(C)C)cc12. The summed E-state index contributed by atoms with van der Waals surface area (Å²) in [4.78, 5) is 25.9. The average Bonchev–Trinajstić information content (AvgIpc) is 2.53. The first-order valence-electron chi connectivity index (χ1n) is 8.92. The molecule has 1 N–H and O–H groups in total. The number of nitrogens with zero attached hydrogens (tertiary/aromatic N) is 1. The molecule has 0 bridgehead atoms. The summed E-state index contributed by atoms with van der Waals surface area (Å²) in [5.41, 5.74) is 3.53. The molecule has 0 aliphatic carbocycles. The Balaban J connectivity index is 2.43. The van der Waals surface area contributed by atoms with Crippen molar-refractivity contribution in [2.24, 2.45) is 0 Å². The van der Waals surface area contributed by atoms with Gasteiger partial charge in [-0.25, -0.2) is 4.79 Å². The van der Waals surface area contributed by atoms with Crippen LogP contribution in [0.3, 0.4) is 0 Å². The standard InChI is InChI=1S/C20H28N2O3/c1-6-21-19(23)12-22(7-2)11-15-9-20(24)25-18-8-14(5)16(13(3)4)10-17(15)18/h8-10,13H,6-7,11-12H2,1-5H3,(H,21,23). The normalized spacial score (nSPS) is 11.5. The number of aryl methyl sites for hydroxylation is 1. The van der Waals surface area contributed by atoms with Crippen molar-refractivity contribution in [2.75, 3.05) is 19.6 Å². The van der Waals surface area contributed by atoms with Crippen LogP contribution in [0.5, 0.6) is 0 Å². The Hall–Kier alpha value is -2.14. The second-order valence-corrected chi connectivity index (χ2v) is 6.71. The zero-order chi connectivity index (χ0) is 18.6. The minimum absolute atomic E-state index is 0.00432. The van der Waals surface area contributed by atoms with Gasteiger partial charge in [-0.2, -0.15) is 0 Å². The summed E-state index contributed by atoms with van der Waals surface area (Å²) >= 11 is 0. The molecule has 25 heavy (non-hydrogen) atoms. The molecule has 0 unspecified atom stereocenters. The predicted molar refractivity (Wildman–Crippen MR) is 101 cm³/mol. The summed E-state index contributed by atoms with van der Waals surface area (Å²) in [6, 6.07) is 5.60. The minimum Gasteiger partial charge on any atom is -0.423 e. The van der Waals surface area contributed by atoms with E-state index in [2.05, 4.69) is 25.2 Å². The first-order chi connectivity index (χ1) is 11.8. The molecule has 136 valence electrons. The molecule has 1 amide bonds. The van der Waals surface area contributed by atoms with Crippen molar-refractivity contribution in [3.63, 3.8) is 0 Å². The Bertz CT molecular complexity index is 808. The van der Waals surface area contributed by atoms with Gasteiger partial charge in [0.25, 0.3) is 0 Å². The van der Waals surface area contributed by atoms with Gasteiger partial charge in [0.2, 0.25) is 5.91 Å². The van der Waals surface area contributed by atoms with E-state index in [0.29, 0.717) is 31.1 Å². The van der Waals surface area contributed by atoms with Gasteiger partial charge in [0, 0.05) is 24.5 Å². The summed E-state index contributed by atoms with van der Waals surface area (Å²) in [6.45, 7) is 12.4. The first kappa shape index (κ1) is 19.2. The summed E-state index contributed by atoms with van der Waals surface area (Å²) in [7, 11) is 0. The molecule has 1 heterocycles. The number of hydrogen-bond acceptors (Lipinski definition) is 4. The van der Waals surface area contributed by atoms with E-state index in [1.54, 1.807) is 6.07 Å². The fourth-order valence-electron chi connectivity index (χ4n) is 3.12. The van der Waals surface area contributed by atoms with Crippen LogP contribution in [-0.2, 0) is 11.3 Å². The Morgan fingerprint density at radius 2 is 1.96 bits per heavy atom. The second-order valence-electron chi connectivity index (χ2n) is 6.71. The van der Waals surface area contributed by atoms with Crippen LogP contribution >= 0.6 is 0 Å². The molecule has 5 nitrogen and oxygen atoms in total. The molecule has 0 aliphatic heterocycles. The van der Waals surface area contributed by atoms with E-state index in [9.17, 15) is 9.59 Å². The molecule has 0 fully saturated rings. The Kier molecular flexibility index (Phi) is 6.37. The van der Waals surface area contributed by atoms with Gasteiger partial charge < -0.3 is 9.73 Å². The molecule has 1 aromatic carbocycles. The van der Waals surface area contributed by atoms with Crippen LogP contribution in [-0.4, -0.2) is 30.4 Å². The number of fused-ring (bicyclic) bond motifs is 1. The van der Waals surface area contributed by atoms with E-state index >= 15 is 0 Å². The van der Waals surface area contributed by atoms with Crippen molar-refractivity contribution in [3.05, 3.63) is 45.3 Å². The van der Waals surface area contributed by atoms with Gasteiger partial charge in [0.05, 0.1) is 6.54 Å². The van der Waals surface area contributed by atoms with Gasteiger partial charge in [-0.3, -0.25) is 9.69 Å². The maximum absolute atomic E-state index is 12.0. The van der Waals surface area contributed by atoms with Crippen LogP contribution in [0.25, 0.3) is 11.0 Å². The molecule has 0 atom stereocenters. The first-order valence-corrected chi connectivity index (χ1v) is 8.92. The van der Waals surface area contributed by atoms with E-state index in [4.69, 9.17) is 4.42 Å². The molecule has 2 aromatic rings. The third kappa shape index (κ3) is 4.69. The molecule has 0 spiro atoms. The smallest absolute Gasteiger partial charge is 0.336 e. The quantitative estimate of drug-likeness (QED) is 0.784. The van der Waals surface area contributed by atoms with Crippen molar-refractivity contribution in [2.45, 2.75) is 47.1 Å². The van der Waals surface area contributed by atoms with Crippen LogP contribution < -0.4 is 10.9 Å². The lowest BCUT2D eigenvalue weighted by molar-refractivity contribution is -0.122. The van der Waals surface area contributed by atoms with Crippen molar-refractivity contribution in [1.82, 2.24) is 10.2 Å². The minimum atomic E-state index is -0.353. The monoisotopic (exact) mass is 344 g/mol. The van der Waals surface area contributed by atoms with Gasteiger partial charge >= 0.3 is 5.63 Å². The van der Waals surface area contributed by atoms with E-state index in [1.807, 2.05) is 31.7 Å². The Labute approximate surface area is 149 Å². The number of amides is 1. The van der Waals surface area contributed by atoms with E-state index in [-0.39, 0.29) is 11.5 Å². The summed E-state index contributed by atoms with van der Waals surface area (Å²) in [6.07, 6.45) is 0. The lowest BCUT2D eigenvalue weighted by atomic mass is 9.95. The highest BCUT2D eigenvalue weighted by molar-refractivity contribution is 5.82. The maximum Gasteiger partial charge on any atom is 0.336 e. The number of carbonyl (C=O) groups excluding carboxylic acids is 1. The molecule has 1 aromatic heterocycles. The fraction of sp³-hybridized carbons (Fsp3) is 0.500. The van der Waals surface area contributed by atoms with Gasteiger partial charge in [-0.1, -0.05) is 20.8 Å². The van der Waals surface area contributed by atoms with Gasteiger partial charge in [0.1, 0.15) is 5.58 Å². The van der Waals surface area contributed by atoms with Gasteiger partial charge in [0.15, 0.2) is 0 Å². The number of benzene rings is 1. The summed E-state index contributed by atoms with van der Waals surface area (Å²) < 4.78 is 5.40. The van der Waals surface area contributed by atoms with Crippen LogP contribution in [0.2, 0.25) is 0 Å². The molecule has 2 rings (SSSR count). The average molecular weight is 344 g/mol. The molecule has 0 aliphatic rings. The lowest BCUT2D eigenvalue weighted by Gasteiger charge is -2.21. The highest BCUT2D eigenvalue weighted by Gasteiger charge is 2.15. The molecule has 5 heteroatoms. The lowest BCUT2D eigenvalue weighted by Crippen LogP contribution is -2.36. The van der Waals surface area contributed by atoms with Crippen LogP contribution in [0.4, 0.5) is 0 Å². The highest BCUT2D eigenvalue weighted by Crippen LogP contribution is 2.27. The number of nitrogens with one attached hydrogen (secondary N) is 1. The van der Waals surface area contributed by atoms with Crippen LogP contribution in [0.1, 0.15) is 50.3 Å². The van der Waals surface area contributed by atoms with Crippen LogP contribution in [0.15, 0.2) is 27.4 Å². The predicted octanol–water partition coefficient (Wildman–Crippen LogP) is 3.18. The third-order valence-electron chi connectivity index (χ3n) is 4.42. The van der Waals surface area contributed by atoms with Crippen LogP contribution in [0, 0.1) is 6.92 Å². The molecule has 0 saturated carbocycles. The van der Waals surface area contributed by atoms with Crippen molar-refractivity contribution < 1.29 is 9.21 Å². The summed E-state index contributed by atoms with van der Waals surface area (Å²) in [5, 5.41) is 3.76. The van der Waals surface area contributed by atoms with Crippen molar-refractivity contribution in [1.29, 1.82) is 0 Å². The van der Waals surface area contributed by atoms with Crippen molar-refractivity contribution >= 4 is 16.9 Å². The topological polar surface area (TPSA) is 62.6 Å². The van der Waals surface area contributed by atoms with E-state index in [1.165, 1.54) is 5.56 Å². The Morgan fingerprint density at radius 3 is 2.56 bits per heavy atom. The number of rotatable bonds is 7. The molecular formula is C20H28N2O3. The van der Waals surface area contributed by atoms with Crippen molar-refractivity contribution in [3.8, 4) is 0 Å². The zero-order valence-corrected chi connectivity index (χ0v) is 15.8.